The molecule has 0 aromatic heterocycles. The van der Waals surface area contributed by atoms with E-state index in [4.69, 9.17) is 4.74 Å². The van der Waals surface area contributed by atoms with Crippen molar-refractivity contribution in [3.8, 4) is 0 Å². The molecule has 11 heteroatoms. The standard InChI is InChI=1S/C28H32F2N4O4.ClH/c1-18-25(27(36)38-2)26(21-10-13-23(29)24(30)16-21)34(28(37)32-18)33(17-35)15-14-31-22-11-8-20(9-12-22)19-6-4-3-5-7-19;/h3-7,10,13,16-17,20,22,26,31H,8-9,11-12,14-15H2,1-2H3,(H,32,37);1H. The van der Waals surface area contributed by atoms with Gasteiger partial charge in [-0.15, -0.1) is 12.4 Å². The highest BCUT2D eigenvalue weighted by Crippen LogP contribution is 2.36. The van der Waals surface area contributed by atoms with Crippen LogP contribution < -0.4 is 10.6 Å². The Labute approximate surface area is 232 Å². The molecule has 0 radical (unpaired) electrons. The average Bonchev–Trinajstić information content (AvgIpc) is 2.93. The summed E-state index contributed by atoms with van der Waals surface area (Å²) < 4.78 is 32.8. The van der Waals surface area contributed by atoms with Gasteiger partial charge in [-0.3, -0.25) is 9.80 Å². The van der Waals surface area contributed by atoms with Crippen LogP contribution >= 0.6 is 12.4 Å². The summed E-state index contributed by atoms with van der Waals surface area (Å²) in [5.74, 6) is -2.44. The Balaban J connectivity index is 0.00000420. The minimum atomic E-state index is -1.20. The number of benzene rings is 2. The first-order valence-electron chi connectivity index (χ1n) is 12.7. The molecule has 8 nitrogen and oxygen atoms in total. The van der Waals surface area contributed by atoms with E-state index >= 15 is 0 Å². The van der Waals surface area contributed by atoms with Crippen molar-refractivity contribution in [2.75, 3.05) is 20.2 Å². The van der Waals surface area contributed by atoms with Gasteiger partial charge < -0.3 is 15.4 Å². The summed E-state index contributed by atoms with van der Waals surface area (Å²) >= 11 is 0. The van der Waals surface area contributed by atoms with Crippen LogP contribution in [0.4, 0.5) is 13.6 Å². The number of urea groups is 1. The molecule has 2 aliphatic rings. The van der Waals surface area contributed by atoms with Gasteiger partial charge in [-0.25, -0.2) is 23.4 Å². The van der Waals surface area contributed by atoms with E-state index in [9.17, 15) is 23.2 Å². The van der Waals surface area contributed by atoms with Gasteiger partial charge in [0, 0.05) is 18.3 Å². The van der Waals surface area contributed by atoms with Crippen molar-refractivity contribution in [2.24, 2.45) is 0 Å². The molecule has 1 heterocycles. The predicted octanol–water partition coefficient (Wildman–Crippen LogP) is 4.59. The number of amides is 3. The largest absolute Gasteiger partial charge is 0.466 e. The van der Waals surface area contributed by atoms with E-state index in [2.05, 4.69) is 34.9 Å². The maximum absolute atomic E-state index is 14.2. The van der Waals surface area contributed by atoms with E-state index in [0.717, 1.165) is 47.8 Å². The third kappa shape index (κ3) is 6.75. The molecule has 1 aliphatic heterocycles. The van der Waals surface area contributed by atoms with E-state index in [-0.39, 0.29) is 41.8 Å². The Hall–Kier alpha value is -3.50. The number of carbonyl (C=O) groups is 3. The van der Waals surface area contributed by atoms with Gasteiger partial charge in [-0.05, 0) is 61.8 Å². The van der Waals surface area contributed by atoms with Crippen molar-refractivity contribution in [1.82, 2.24) is 20.7 Å². The first-order chi connectivity index (χ1) is 18.3. The first-order valence-corrected chi connectivity index (χ1v) is 12.7. The van der Waals surface area contributed by atoms with Crippen LogP contribution in [-0.4, -0.2) is 54.7 Å². The number of rotatable bonds is 9. The van der Waals surface area contributed by atoms with E-state index in [0.29, 0.717) is 18.9 Å². The Bertz CT molecular complexity index is 1210. The van der Waals surface area contributed by atoms with Gasteiger partial charge in [-0.2, -0.15) is 0 Å². The monoisotopic (exact) mass is 562 g/mol. The fraction of sp³-hybridized carbons (Fsp3) is 0.393. The lowest BCUT2D eigenvalue weighted by atomic mass is 9.82. The number of hydrogen-bond acceptors (Lipinski definition) is 5. The van der Waals surface area contributed by atoms with E-state index in [1.54, 1.807) is 0 Å². The Morgan fingerprint density at radius 1 is 1.10 bits per heavy atom. The highest BCUT2D eigenvalue weighted by Gasteiger charge is 2.41. The number of halogens is 3. The number of hydrogen-bond donors (Lipinski definition) is 2. The van der Waals surface area contributed by atoms with Crippen molar-refractivity contribution in [3.63, 3.8) is 0 Å². The second kappa shape index (κ2) is 13.5. The Morgan fingerprint density at radius 3 is 2.41 bits per heavy atom. The van der Waals surface area contributed by atoms with Crippen molar-refractivity contribution in [2.45, 2.75) is 50.6 Å². The Morgan fingerprint density at radius 2 is 1.79 bits per heavy atom. The second-order valence-corrected chi connectivity index (χ2v) is 9.56. The average molecular weight is 563 g/mol. The molecule has 39 heavy (non-hydrogen) atoms. The van der Waals surface area contributed by atoms with E-state index < -0.39 is 29.7 Å². The van der Waals surface area contributed by atoms with Crippen LogP contribution in [0.5, 0.6) is 0 Å². The predicted molar refractivity (Wildman–Crippen MR) is 144 cm³/mol. The van der Waals surface area contributed by atoms with E-state index in [1.807, 2.05) is 6.07 Å². The number of allylic oxidation sites excluding steroid dienone is 1. The minimum Gasteiger partial charge on any atom is -0.466 e. The molecular weight excluding hydrogens is 530 g/mol. The van der Waals surface area contributed by atoms with Crippen molar-refractivity contribution in [3.05, 3.63) is 82.6 Å². The van der Waals surface area contributed by atoms with Gasteiger partial charge in [0.2, 0.25) is 6.41 Å². The van der Waals surface area contributed by atoms with Gasteiger partial charge in [-0.1, -0.05) is 36.4 Å². The van der Waals surface area contributed by atoms with Crippen LogP contribution in [0.1, 0.15) is 55.7 Å². The molecule has 1 aliphatic carbocycles. The maximum atomic E-state index is 14.2. The van der Waals surface area contributed by atoms with Crippen molar-refractivity contribution in [1.29, 1.82) is 0 Å². The summed E-state index contributed by atoms with van der Waals surface area (Å²) in [6.45, 7) is 2.01. The summed E-state index contributed by atoms with van der Waals surface area (Å²) in [5.41, 5.74) is 1.68. The van der Waals surface area contributed by atoms with E-state index in [1.165, 1.54) is 25.7 Å². The molecule has 1 saturated carbocycles. The maximum Gasteiger partial charge on any atom is 0.341 e. The molecule has 2 aromatic carbocycles. The number of carbonyl (C=O) groups excluding carboxylic acids is 3. The topological polar surface area (TPSA) is 91.0 Å². The number of nitrogens with zero attached hydrogens (tertiary/aromatic N) is 2. The molecular formula is C28H33ClF2N4O4. The summed E-state index contributed by atoms with van der Waals surface area (Å²) in [6, 6.07) is 11.9. The quantitative estimate of drug-likeness (QED) is 0.345. The highest BCUT2D eigenvalue weighted by atomic mass is 35.5. The number of hydrazine groups is 1. The lowest BCUT2D eigenvalue weighted by Crippen LogP contribution is -2.57. The zero-order valence-electron chi connectivity index (χ0n) is 21.9. The van der Waals surface area contributed by atoms with Crippen LogP contribution in [0, 0.1) is 11.6 Å². The zero-order chi connectivity index (χ0) is 27.2. The molecule has 1 unspecified atom stereocenters. The summed E-state index contributed by atoms with van der Waals surface area (Å²) in [6.07, 6.45) is 4.56. The third-order valence-corrected chi connectivity index (χ3v) is 7.26. The lowest BCUT2D eigenvalue weighted by Gasteiger charge is -2.42. The van der Waals surface area contributed by atoms with Crippen molar-refractivity contribution >= 4 is 30.8 Å². The molecule has 4 rings (SSSR count). The molecule has 3 amide bonds. The minimum absolute atomic E-state index is 0. The smallest absolute Gasteiger partial charge is 0.341 e. The van der Waals surface area contributed by atoms with Gasteiger partial charge in [0.1, 0.15) is 6.04 Å². The summed E-state index contributed by atoms with van der Waals surface area (Å²) in [7, 11) is 1.18. The molecule has 1 atom stereocenters. The normalized spacial score (nSPS) is 21.1. The summed E-state index contributed by atoms with van der Waals surface area (Å²) in [4.78, 5) is 37.9. The molecule has 1 fully saturated rings. The van der Waals surface area contributed by atoms with Crippen LogP contribution in [0.3, 0.4) is 0 Å². The lowest BCUT2D eigenvalue weighted by molar-refractivity contribution is -0.141. The fourth-order valence-electron chi connectivity index (χ4n) is 5.31. The van der Waals surface area contributed by atoms with Gasteiger partial charge in [0.15, 0.2) is 11.6 Å². The first kappa shape index (κ1) is 30.0. The molecule has 0 bridgehead atoms. The SMILES string of the molecule is COC(=O)C1=C(C)NC(=O)N(N(C=O)CCNC2CCC(c3ccccc3)CC2)C1c1ccc(F)c(F)c1.Cl. The number of methoxy groups -OCH3 is 1. The molecule has 2 N–H and O–H groups in total. The second-order valence-electron chi connectivity index (χ2n) is 9.56. The number of nitrogens with one attached hydrogen (secondary N) is 2. The number of ether oxygens (including phenoxy) is 1. The third-order valence-electron chi connectivity index (χ3n) is 7.26. The highest BCUT2D eigenvalue weighted by molar-refractivity contribution is 5.95. The zero-order valence-corrected chi connectivity index (χ0v) is 22.7. The Kier molecular flexibility index (Phi) is 10.4. The van der Waals surface area contributed by atoms with Crippen molar-refractivity contribution < 1.29 is 27.9 Å². The molecule has 0 saturated heterocycles. The number of esters is 1. The van der Waals surface area contributed by atoms with Crippen LogP contribution in [-0.2, 0) is 14.3 Å². The van der Waals surface area contributed by atoms with Gasteiger partial charge >= 0.3 is 12.0 Å². The van der Waals surface area contributed by atoms with Crippen LogP contribution in [0.25, 0.3) is 0 Å². The van der Waals surface area contributed by atoms with Crippen LogP contribution in [0.2, 0.25) is 0 Å². The molecule has 210 valence electrons. The molecule has 0 spiro atoms. The van der Waals surface area contributed by atoms with Crippen LogP contribution in [0.15, 0.2) is 59.8 Å². The van der Waals surface area contributed by atoms with Gasteiger partial charge in [0.05, 0.1) is 19.2 Å². The molecule has 2 aromatic rings. The summed E-state index contributed by atoms with van der Waals surface area (Å²) in [5, 5.41) is 8.22. The van der Waals surface area contributed by atoms with Gasteiger partial charge in [0.25, 0.3) is 0 Å². The fourth-order valence-corrected chi connectivity index (χ4v) is 5.31.